The maximum absolute atomic E-state index is 16.3. The zero-order chi connectivity index (χ0) is 56.3. The quantitative estimate of drug-likeness (QED) is 0.155. The normalized spacial score (nSPS) is 25.4. The van der Waals surface area contributed by atoms with Crippen LogP contribution in [-0.4, -0.2) is 0 Å². The first-order chi connectivity index (χ1) is 38.0. The Hall–Kier alpha value is -5.00. The van der Waals surface area contributed by atoms with Crippen molar-refractivity contribution < 1.29 is 54.5 Å². The number of rotatable bonds is 4. The number of aryl methyl sites for hydroxylation is 4. The molecule has 0 fully saturated rings. The van der Waals surface area contributed by atoms with Gasteiger partial charge in [-0.2, -0.15) is 0 Å². The second-order valence-corrected chi connectivity index (χ2v) is 31.7. The third-order valence-electron chi connectivity index (χ3n) is 15.8. The Kier molecular flexibility index (Phi) is 13.1. The van der Waals surface area contributed by atoms with E-state index in [9.17, 15) is 0 Å². The van der Waals surface area contributed by atoms with Crippen LogP contribution < -0.4 is 57.4 Å². The van der Waals surface area contributed by atoms with E-state index in [4.69, 9.17) is 36.2 Å². The summed E-state index contributed by atoms with van der Waals surface area (Å²) in [6.07, 6.45) is 0. The first-order valence-electron chi connectivity index (χ1n) is 25.7. The lowest BCUT2D eigenvalue weighted by molar-refractivity contribution is 0.371. The second-order valence-electron chi connectivity index (χ2n) is 21.1. The molecule has 8 aromatic rings. The van der Waals surface area contributed by atoms with Gasteiger partial charge in [0.25, 0.3) is 0 Å². The Balaban J connectivity index is 1.21. The highest BCUT2D eigenvalue weighted by atomic mass is 79.9. The van der Waals surface area contributed by atoms with E-state index in [1.165, 1.54) is 0 Å². The van der Waals surface area contributed by atoms with Gasteiger partial charge in [-0.05, 0) is 164 Å². The number of hydrogen-bond donors (Lipinski definition) is 0. The zero-order valence-electron chi connectivity index (χ0n) is 44.1. The lowest BCUT2D eigenvalue weighted by Crippen LogP contribution is -2.24. The van der Waals surface area contributed by atoms with Crippen LogP contribution in [0.25, 0.3) is 0 Å². The summed E-state index contributed by atoms with van der Waals surface area (Å²) < 4.78 is 121. The molecule has 80 heavy (non-hydrogen) atoms. The van der Waals surface area contributed by atoms with Crippen LogP contribution >= 0.6 is 94.1 Å². The van der Waals surface area contributed by atoms with Crippen molar-refractivity contribution in [3.05, 3.63) is 206 Å². The van der Waals surface area contributed by atoms with Crippen LogP contribution in [0.2, 0.25) is 0 Å². The van der Waals surface area contributed by atoms with Crippen LogP contribution in [0.5, 0.6) is 46.0 Å². The first kappa shape index (κ1) is 54.3. The van der Waals surface area contributed by atoms with E-state index in [2.05, 4.69) is 63.7 Å². The van der Waals surface area contributed by atoms with Gasteiger partial charge in [0.2, 0.25) is 0 Å². The van der Waals surface area contributed by atoms with Gasteiger partial charge in [0.15, 0.2) is 46.0 Å². The molecule has 0 saturated carbocycles. The van der Waals surface area contributed by atoms with Gasteiger partial charge < -0.3 is 36.2 Å². The number of halogens is 4. The molecule has 0 atom stereocenters. The van der Waals surface area contributed by atoms with Gasteiger partial charge in [0.1, 0.15) is 17.9 Å². The van der Waals surface area contributed by atoms with E-state index in [1.807, 2.05) is 128 Å². The summed E-state index contributed by atoms with van der Waals surface area (Å²) in [7, 11) is -18.2. The van der Waals surface area contributed by atoms with E-state index >= 15 is 18.3 Å². The van der Waals surface area contributed by atoms with Crippen molar-refractivity contribution in [1.82, 2.24) is 0 Å². The molecule has 1 aliphatic carbocycles. The molecule has 8 bridgehead atoms. The minimum Gasteiger partial charge on any atom is -0.411 e. The molecule has 0 N–H and O–H groups in total. The summed E-state index contributed by atoms with van der Waals surface area (Å²) in [5.41, 5.74) is 8.28. The van der Waals surface area contributed by atoms with Gasteiger partial charge in [-0.1, -0.05) is 98.5 Å². The molecule has 12 nitrogen and oxygen atoms in total. The van der Waals surface area contributed by atoms with E-state index in [0.29, 0.717) is 44.5 Å². The maximum Gasteiger partial charge on any atom is 0.462 e. The Morgan fingerprint density at radius 3 is 0.550 bits per heavy atom. The summed E-state index contributed by atoms with van der Waals surface area (Å²) in [6, 6.07) is 35.9. The molecule has 0 saturated heterocycles. The molecule has 0 unspecified atom stereocenters. The average Bonchev–Trinajstić information content (AvgIpc) is 3.43. The van der Waals surface area contributed by atoms with Crippen LogP contribution in [0.3, 0.4) is 0 Å². The van der Waals surface area contributed by atoms with E-state index < -0.39 is 54.1 Å². The molecule has 0 radical (unpaired) electrons. The summed E-state index contributed by atoms with van der Waals surface area (Å²) in [5, 5.41) is 0.930. The summed E-state index contributed by atoms with van der Waals surface area (Å²) in [6.45, 7) is 15.7. The zero-order valence-corrected chi connectivity index (χ0v) is 54.0. The molecule has 20 heteroatoms. The van der Waals surface area contributed by atoms with Crippen molar-refractivity contribution in [2.24, 2.45) is 0 Å². The van der Waals surface area contributed by atoms with Crippen LogP contribution in [0.1, 0.15) is 118 Å². The largest absolute Gasteiger partial charge is 0.462 e. The third-order valence-corrected chi connectivity index (χ3v) is 25.7. The van der Waals surface area contributed by atoms with E-state index in [1.54, 1.807) is 48.5 Å². The average molecular weight is 1400 g/mol. The monoisotopic (exact) mass is 1400 g/mol. The molecule has 0 amide bonds. The number of hydrogen-bond acceptors (Lipinski definition) is 12. The third kappa shape index (κ3) is 8.50. The summed E-state index contributed by atoms with van der Waals surface area (Å²) >= 11 is 15.7. The highest BCUT2D eigenvalue weighted by Gasteiger charge is 2.49. The first-order valence-corrected chi connectivity index (χ1v) is 35.0. The van der Waals surface area contributed by atoms with Crippen molar-refractivity contribution >= 4 is 115 Å². The Labute approximate surface area is 496 Å². The van der Waals surface area contributed by atoms with Crippen LogP contribution in [0.15, 0.2) is 139 Å². The molecular weight excluding hydrogens is 1360 g/mol. The highest BCUT2D eigenvalue weighted by Crippen LogP contribution is 2.69. The summed E-state index contributed by atoms with van der Waals surface area (Å²) in [5.74, 6) is -1.47. The van der Waals surface area contributed by atoms with Gasteiger partial charge >= 0.3 is 30.4 Å². The molecule has 8 aromatic carbocycles. The van der Waals surface area contributed by atoms with Gasteiger partial charge in [-0.15, -0.1) is 0 Å². The predicted molar refractivity (Wildman–Crippen MR) is 325 cm³/mol. The van der Waals surface area contributed by atoms with Crippen LogP contribution in [0.4, 0.5) is 0 Å². The van der Waals surface area contributed by atoms with Crippen LogP contribution in [-0.2, 0) is 18.3 Å². The smallest absolute Gasteiger partial charge is 0.411 e. The topological polar surface area (TPSA) is 142 Å². The van der Waals surface area contributed by atoms with Crippen molar-refractivity contribution in [2.75, 3.05) is 0 Å². The molecule has 4 aliphatic heterocycles. The molecular formula is C60H48Br4O12P4. The fourth-order valence-electron chi connectivity index (χ4n) is 11.0. The fraction of sp³-hybridized carbons (Fsp3) is 0.200. The van der Waals surface area contributed by atoms with Gasteiger partial charge in [0.05, 0.1) is 21.2 Å². The maximum atomic E-state index is 16.3. The Morgan fingerprint density at radius 2 is 0.412 bits per heavy atom. The van der Waals surface area contributed by atoms with Crippen molar-refractivity contribution in [2.45, 2.75) is 79.1 Å². The van der Waals surface area contributed by atoms with Crippen molar-refractivity contribution in [1.29, 1.82) is 0 Å². The number of benzene rings is 8. The standard InChI is InChI=1S/C60H48Br4O12P4/c1-29-9-17-37(18-10-29)77(65)69-53-41-25-43-34(6)45-27-47-36(8)48-28-46-35(7)44-26-42(33(41)5)54(70-77)50(62)56(44)72-79(67,39-21-13-31(3)14-22-39)74-58(46)52(64)60(48)76-80(68,40-23-15-32(4)16-24-40)75-59(47)51(63)57(45)73-78(66,71-55(43)49(53)61)38-19-11-30(2)12-20-38/h9-28,33-36H,1-8H3. The SMILES string of the molecule is Cc1ccc(P2(=O)Oc3c4cc5c(c3Br)OP(=O)(c3ccc(C)cc3)Oc3c(cc6c(c3Br)OP(=O)(c3ccc(C)cc3)Oc3c(cc7c(c3Br)OP(=O)(c3ccc(C)cc3)Oc3c(cc(c(c3Br)O2)C4C)C7C)C6C)C5C)cc1. The van der Waals surface area contributed by atoms with Gasteiger partial charge in [0, 0.05) is 68.2 Å². The molecule has 13 rings (SSSR count). The van der Waals surface area contributed by atoms with E-state index in [-0.39, 0.29) is 85.1 Å². The molecule has 408 valence electrons. The van der Waals surface area contributed by atoms with Crippen molar-refractivity contribution in [3.8, 4) is 46.0 Å². The molecule has 0 spiro atoms. The lowest BCUT2D eigenvalue weighted by atomic mass is 9.80. The Morgan fingerprint density at radius 1 is 0.275 bits per heavy atom. The highest BCUT2D eigenvalue weighted by molar-refractivity contribution is 9.11. The molecule has 0 aromatic heterocycles. The van der Waals surface area contributed by atoms with Gasteiger partial charge in [-0.25, -0.2) is 18.3 Å². The Bertz CT molecular complexity index is 3530. The minimum absolute atomic E-state index is 0.125. The summed E-state index contributed by atoms with van der Waals surface area (Å²) in [4.78, 5) is 0. The lowest BCUT2D eigenvalue weighted by Gasteiger charge is -2.37. The molecule has 5 aliphatic rings. The second kappa shape index (κ2) is 19.3. The van der Waals surface area contributed by atoms with Crippen molar-refractivity contribution in [3.63, 3.8) is 0 Å². The minimum atomic E-state index is -4.54. The van der Waals surface area contributed by atoms with E-state index in [0.717, 1.165) is 22.3 Å². The van der Waals surface area contributed by atoms with Gasteiger partial charge in [-0.3, -0.25) is 0 Å². The predicted octanol–water partition coefficient (Wildman–Crippen LogP) is 18.1. The fourth-order valence-corrected chi connectivity index (χ4v) is 21.0. The van der Waals surface area contributed by atoms with Crippen LogP contribution in [0, 0.1) is 27.7 Å². The molecule has 4 heterocycles.